The van der Waals surface area contributed by atoms with Gasteiger partial charge in [-0.2, -0.15) is 0 Å². The highest BCUT2D eigenvalue weighted by atomic mass is 35.5. The van der Waals surface area contributed by atoms with E-state index in [4.69, 9.17) is 16.3 Å². The molecule has 0 radical (unpaired) electrons. The number of rotatable bonds is 2. The fourth-order valence-corrected chi connectivity index (χ4v) is 2.45. The summed E-state index contributed by atoms with van der Waals surface area (Å²) in [6, 6.07) is 3.61. The summed E-state index contributed by atoms with van der Waals surface area (Å²) >= 11 is 5.89. The quantitative estimate of drug-likeness (QED) is 0.610. The van der Waals surface area contributed by atoms with E-state index in [1.54, 1.807) is 17.0 Å². The molecule has 5 heteroatoms. The van der Waals surface area contributed by atoms with Gasteiger partial charge in [-0.3, -0.25) is 0 Å². The minimum atomic E-state index is -0.317. The lowest BCUT2D eigenvalue weighted by Crippen LogP contribution is -2.40. The van der Waals surface area contributed by atoms with Gasteiger partial charge in [-0.25, -0.2) is 9.78 Å². The molecule has 18 heavy (non-hydrogen) atoms. The maximum Gasteiger partial charge on any atom is 0.410 e. The Balaban J connectivity index is 2.38. The Bertz CT molecular complexity index is 476. The minimum absolute atomic E-state index is 0.0662. The van der Waals surface area contributed by atoms with E-state index in [2.05, 4.69) is 11.6 Å². The van der Waals surface area contributed by atoms with Gasteiger partial charge in [-0.05, 0) is 18.1 Å². The smallest absolute Gasteiger partial charge is 0.410 e. The van der Waals surface area contributed by atoms with Crippen molar-refractivity contribution >= 4 is 17.7 Å². The average molecular weight is 267 g/mol. The lowest BCUT2D eigenvalue weighted by molar-refractivity contribution is 0.101. The van der Waals surface area contributed by atoms with Gasteiger partial charge in [0.2, 0.25) is 0 Å². The lowest BCUT2D eigenvalue weighted by Gasteiger charge is -2.35. The number of carbonyl (C=O) groups excluding carboxylic acids is 1. The van der Waals surface area contributed by atoms with Crippen molar-refractivity contribution in [1.29, 1.82) is 0 Å². The Morgan fingerprint density at radius 1 is 1.72 bits per heavy atom. The average Bonchev–Trinajstić information content (AvgIpc) is 2.38. The molecule has 1 atom stereocenters. The fourth-order valence-electron chi connectivity index (χ4n) is 2.29. The number of ether oxygens (including phenoxy) is 1. The van der Waals surface area contributed by atoms with Crippen LogP contribution in [0.1, 0.15) is 23.7 Å². The number of nitrogens with zero attached hydrogens (tertiary/aromatic N) is 2. The third-order valence-electron chi connectivity index (χ3n) is 3.10. The van der Waals surface area contributed by atoms with Crippen LogP contribution in [-0.4, -0.2) is 29.6 Å². The first-order chi connectivity index (χ1) is 8.67. The van der Waals surface area contributed by atoms with Gasteiger partial charge in [0.05, 0.1) is 13.2 Å². The van der Waals surface area contributed by atoms with Crippen molar-refractivity contribution in [2.24, 2.45) is 0 Å². The minimum Gasteiger partial charge on any atom is -0.453 e. The molecule has 0 spiro atoms. The van der Waals surface area contributed by atoms with Crippen LogP contribution < -0.4 is 0 Å². The summed E-state index contributed by atoms with van der Waals surface area (Å²) in [5.41, 5.74) is 1.98. The number of hydrogen-bond acceptors (Lipinski definition) is 3. The molecule has 0 aliphatic carbocycles. The number of fused-ring (bicyclic) bond motifs is 1. The summed E-state index contributed by atoms with van der Waals surface area (Å²) in [6.45, 7) is 4.33. The largest absolute Gasteiger partial charge is 0.453 e. The van der Waals surface area contributed by atoms with Crippen molar-refractivity contribution in [2.45, 2.75) is 18.9 Å². The van der Waals surface area contributed by atoms with Gasteiger partial charge < -0.3 is 9.64 Å². The summed E-state index contributed by atoms with van der Waals surface area (Å²) in [4.78, 5) is 17.8. The fraction of sp³-hybridized carbons (Fsp3) is 0.385. The SMILES string of the molecule is C=CCC1c2ccc(Cl)nc2CCN1C(=O)OC. The van der Waals surface area contributed by atoms with E-state index in [0.29, 0.717) is 24.5 Å². The molecule has 1 aromatic heterocycles. The molecule has 96 valence electrons. The van der Waals surface area contributed by atoms with Crippen LogP contribution in [0.2, 0.25) is 5.15 Å². The highest BCUT2D eigenvalue weighted by Crippen LogP contribution is 2.32. The number of aromatic nitrogens is 1. The topological polar surface area (TPSA) is 42.4 Å². The predicted octanol–water partition coefficient (Wildman–Crippen LogP) is 2.98. The number of halogens is 1. The third kappa shape index (κ3) is 2.34. The van der Waals surface area contributed by atoms with Crippen LogP contribution in [0.25, 0.3) is 0 Å². The summed E-state index contributed by atoms with van der Waals surface area (Å²) in [6.07, 6.45) is 2.84. The Morgan fingerprint density at radius 2 is 2.50 bits per heavy atom. The zero-order chi connectivity index (χ0) is 13.1. The second-order valence-electron chi connectivity index (χ2n) is 4.12. The maximum absolute atomic E-state index is 11.8. The number of hydrogen-bond donors (Lipinski definition) is 0. The standard InChI is InChI=1S/C13H15ClN2O2/c1-3-4-11-9-5-6-12(14)15-10(9)7-8-16(11)13(17)18-2/h3,5-6,11H,1,4,7-8H2,2H3. The van der Waals surface area contributed by atoms with Gasteiger partial charge in [0.25, 0.3) is 0 Å². The number of carbonyl (C=O) groups is 1. The van der Waals surface area contributed by atoms with Crippen molar-refractivity contribution in [3.05, 3.63) is 41.2 Å². The molecule has 1 aromatic rings. The normalized spacial score (nSPS) is 18.1. The van der Waals surface area contributed by atoms with E-state index in [0.717, 1.165) is 11.3 Å². The zero-order valence-electron chi connectivity index (χ0n) is 10.2. The maximum atomic E-state index is 11.8. The van der Waals surface area contributed by atoms with E-state index >= 15 is 0 Å². The van der Waals surface area contributed by atoms with Crippen LogP contribution in [0.5, 0.6) is 0 Å². The van der Waals surface area contributed by atoms with E-state index < -0.39 is 0 Å². The highest BCUT2D eigenvalue weighted by Gasteiger charge is 2.31. The van der Waals surface area contributed by atoms with Crippen molar-refractivity contribution in [1.82, 2.24) is 9.88 Å². The monoisotopic (exact) mass is 266 g/mol. The molecule has 4 nitrogen and oxygen atoms in total. The molecule has 0 aromatic carbocycles. The van der Waals surface area contributed by atoms with E-state index in [1.807, 2.05) is 6.07 Å². The van der Waals surface area contributed by atoms with Crippen LogP contribution in [0.15, 0.2) is 24.8 Å². The molecular formula is C13H15ClN2O2. The Hall–Kier alpha value is -1.55. The first kappa shape index (κ1) is 12.9. The number of amides is 1. The van der Waals surface area contributed by atoms with Crippen molar-refractivity contribution < 1.29 is 9.53 Å². The van der Waals surface area contributed by atoms with Crippen LogP contribution in [0.3, 0.4) is 0 Å². The number of methoxy groups -OCH3 is 1. The van der Waals surface area contributed by atoms with Crippen molar-refractivity contribution in [2.75, 3.05) is 13.7 Å². The molecule has 0 saturated heterocycles. The molecule has 1 amide bonds. The molecule has 0 bridgehead atoms. The van der Waals surface area contributed by atoms with Gasteiger partial charge in [-0.1, -0.05) is 23.7 Å². The van der Waals surface area contributed by atoms with E-state index in [-0.39, 0.29) is 12.1 Å². The molecule has 0 saturated carbocycles. The van der Waals surface area contributed by atoms with E-state index in [1.165, 1.54) is 7.11 Å². The second kappa shape index (κ2) is 5.40. The molecule has 1 unspecified atom stereocenters. The van der Waals surface area contributed by atoms with Gasteiger partial charge in [0.1, 0.15) is 5.15 Å². The Labute approximate surface area is 111 Å². The van der Waals surface area contributed by atoms with Gasteiger partial charge in [-0.15, -0.1) is 6.58 Å². The van der Waals surface area contributed by atoms with E-state index in [9.17, 15) is 4.79 Å². The third-order valence-corrected chi connectivity index (χ3v) is 3.31. The summed E-state index contributed by atoms with van der Waals surface area (Å²) in [7, 11) is 1.39. The molecule has 1 aliphatic heterocycles. The van der Waals surface area contributed by atoms with Crippen LogP contribution >= 0.6 is 11.6 Å². The molecule has 2 heterocycles. The van der Waals surface area contributed by atoms with Gasteiger partial charge in [0, 0.05) is 18.7 Å². The number of pyridine rings is 1. The molecule has 0 N–H and O–H groups in total. The van der Waals surface area contributed by atoms with Crippen LogP contribution in [0, 0.1) is 0 Å². The predicted molar refractivity (Wildman–Crippen MR) is 69.6 cm³/mol. The highest BCUT2D eigenvalue weighted by molar-refractivity contribution is 6.29. The zero-order valence-corrected chi connectivity index (χ0v) is 11.0. The lowest BCUT2D eigenvalue weighted by atomic mass is 9.95. The molecule has 1 aliphatic rings. The van der Waals surface area contributed by atoms with Crippen LogP contribution in [-0.2, 0) is 11.2 Å². The molecular weight excluding hydrogens is 252 g/mol. The van der Waals surface area contributed by atoms with Crippen molar-refractivity contribution in [3.63, 3.8) is 0 Å². The van der Waals surface area contributed by atoms with Crippen molar-refractivity contribution in [3.8, 4) is 0 Å². The van der Waals surface area contributed by atoms with Gasteiger partial charge in [0.15, 0.2) is 0 Å². The van der Waals surface area contributed by atoms with Gasteiger partial charge >= 0.3 is 6.09 Å². The molecule has 2 rings (SSSR count). The summed E-state index contributed by atoms with van der Waals surface area (Å²) in [5.74, 6) is 0. The summed E-state index contributed by atoms with van der Waals surface area (Å²) < 4.78 is 4.81. The first-order valence-corrected chi connectivity index (χ1v) is 6.16. The Kier molecular flexibility index (Phi) is 3.87. The second-order valence-corrected chi connectivity index (χ2v) is 4.51. The first-order valence-electron chi connectivity index (χ1n) is 5.78. The Morgan fingerprint density at radius 3 is 3.17 bits per heavy atom. The summed E-state index contributed by atoms with van der Waals surface area (Å²) in [5, 5.41) is 0.484. The molecule has 0 fully saturated rings. The van der Waals surface area contributed by atoms with Crippen LogP contribution in [0.4, 0.5) is 4.79 Å².